The van der Waals surface area contributed by atoms with Crippen LogP contribution >= 0.6 is 11.3 Å². The Morgan fingerprint density at radius 3 is 2.60 bits per heavy atom. The fourth-order valence-electron chi connectivity index (χ4n) is 2.47. The fourth-order valence-corrected chi connectivity index (χ4v) is 3.62. The van der Waals surface area contributed by atoms with Crippen molar-refractivity contribution in [3.05, 3.63) is 69.3 Å². The lowest BCUT2D eigenvalue weighted by Crippen LogP contribution is -2.10. The van der Waals surface area contributed by atoms with Crippen LogP contribution in [-0.2, 0) is 0 Å². The Labute approximate surface area is 122 Å². The third-order valence-electron chi connectivity index (χ3n) is 3.80. The molecule has 0 aliphatic carbocycles. The van der Waals surface area contributed by atoms with Gasteiger partial charge >= 0.3 is 0 Å². The SMILES string of the molecule is Cc1csc(C2C=CN=C(c3ccc(F)cc3)C2)c1C. The number of halogens is 1. The van der Waals surface area contributed by atoms with Crippen molar-refractivity contribution in [3.8, 4) is 0 Å². The molecule has 1 aromatic heterocycles. The highest BCUT2D eigenvalue weighted by Crippen LogP contribution is 2.34. The van der Waals surface area contributed by atoms with E-state index in [0.717, 1.165) is 17.7 Å². The molecule has 20 heavy (non-hydrogen) atoms. The van der Waals surface area contributed by atoms with Crippen LogP contribution in [0.4, 0.5) is 4.39 Å². The maximum atomic E-state index is 13.0. The van der Waals surface area contributed by atoms with Crippen molar-refractivity contribution in [3.63, 3.8) is 0 Å². The Hall–Kier alpha value is -1.74. The van der Waals surface area contributed by atoms with Gasteiger partial charge in [0.25, 0.3) is 0 Å². The molecule has 2 heterocycles. The molecule has 0 spiro atoms. The van der Waals surface area contributed by atoms with Gasteiger partial charge in [0.05, 0.1) is 0 Å². The van der Waals surface area contributed by atoms with Gasteiger partial charge in [-0.05, 0) is 48.1 Å². The standard InChI is InChI=1S/C17H16FNS/c1-11-10-20-17(12(11)2)14-7-8-19-16(9-14)13-3-5-15(18)6-4-13/h3-8,10,14H,9H2,1-2H3. The average molecular weight is 285 g/mol. The van der Waals surface area contributed by atoms with Gasteiger partial charge in [-0.1, -0.05) is 18.2 Å². The summed E-state index contributed by atoms with van der Waals surface area (Å²) in [6, 6.07) is 6.59. The summed E-state index contributed by atoms with van der Waals surface area (Å²) in [4.78, 5) is 5.87. The first-order valence-corrected chi connectivity index (χ1v) is 7.57. The smallest absolute Gasteiger partial charge is 0.123 e. The van der Waals surface area contributed by atoms with E-state index >= 15 is 0 Å². The van der Waals surface area contributed by atoms with Gasteiger partial charge in [-0.2, -0.15) is 0 Å². The number of hydrogen-bond acceptors (Lipinski definition) is 2. The first kappa shape index (κ1) is 13.3. The predicted molar refractivity (Wildman–Crippen MR) is 83.2 cm³/mol. The lowest BCUT2D eigenvalue weighted by Gasteiger charge is -2.17. The molecule has 2 aromatic rings. The molecule has 0 fully saturated rings. The van der Waals surface area contributed by atoms with Crippen LogP contribution in [0.2, 0.25) is 0 Å². The Balaban J connectivity index is 1.87. The minimum Gasteiger partial charge on any atom is -0.261 e. The molecule has 0 amide bonds. The van der Waals surface area contributed by atoms with E-state index in [2.05, 4.69) is 30.3 Å². The first-order valence-electron chi connectivity index (χ1n) is 6.69. The van der Waals surface area contributed by atoms with Crippen molar-refractivity contribution in [1.29, 1.82) is 0 Å². The predicted octanol–water partition coefficient (Wildman–Crippen LogP) is 4.99. The summed E-state index contributed by atoms with van der Waals surface area (Å²) in [6.45, 7) is 4.33. The van der Waals surface area contributed by atoms with Crippen molar-refractivity contribution >= 4 is 17.0 Å². The first-order chi connectivity index (χ1) is 9.65. The van der Waals surface area contributed by atoms with Crippen LogP contribution in [0.1, 0.15) is 33.9 Å². The number of allylic oxidation sites excluding steroid dienone is 1. The second kappa shape index (κ2) is 5.33. The van der Waals surface area contributed by atoms with Gasteiger partial charge in [-0.25, -0.2) is 4.39 Å². The molecule has 0 N–H and O–H groups in total. The second-order valence-corrected chi connectivity index (χ2v) is 6.05. The summed E-state index contributed by atoms with van der Waals surface area (Å²) in [5, 5.41) is 2.21. The van der Waals surface area contributed by atoms with Gasteiger partial charge in [-0.15, -0.1) is 11.3 Å². The zero-order chi connectivity index (χ0) is 14.1. The topological polar surface area (TPSA) is 12.4 Å². The minimum atomic E-state index is -0.207. The van der Waals surface area contributed by atoms with Crippen molar-refractivity contribution in [2.45, 2.75) is 26.2 Å². The molecule has 1 aliphatic rings. The van der Waals surface area contributed by atoms with Crippen LogP contribution in [0.3, 0.4) is 0 Å². The molecule has 1 unspecified atom stereocenters. The largest absolute Gasteiger partial charge is 0.261 e. The summed E-state index contributed by atoms with van der Waals surface area (Å²) in [7, 11) is 0. The highest BCUT2D eigenvalue weighted by molar-refractivity contribution is 7.10. The Morgan fingerprint density at radius 2 is 1.95 bits per heavy atom. The van der Waals surface area contributed by atoms with Crippen molar-refractivity contribution in [1.82, 2.24) is 0 Å². The van der Waals surface area contributed by atoms with Crippen LogP contribution in [0.5, 0.6) is 0 Å². The van der Waals surface area contributed by atoms with Crippen molar-refractivity contribution in [2.75, 3.05) is 0 Å². The van der Waals surface area contributed by atoms with Crippen LogP contribution in [0, 0.1) is 19.7 Å². The number of aryl methyl sites for hydroxylation is 1. The van der Waals surface area contributed by atoms with E-state index < -0.39 is 0 Å². The zero-order valence-electron chi connectivity index (χ0n) is 11.6. The van der Waals surface area contributed by atoms with Crippen LogP contribution in [-0.4, -0.2) is 5.71 Å². The van der Waals surface area contributed by atoms with Crippen LogP contribution in [0.15, 0.2) is 46.9 Å². The summed E-state index contributed by atoms with van der Waals surface area (Å²) < 4.78 is 13.0. The summed E-state index contributed by atoms with van der Waals surface area (Å²) in [6.07, 6.45) is 4.91. The quantitative estimate of drug-likeness (QED) is 0.736. The van der Waals surface area contributed by atoms with Gasteiger partial charge < -0.3 is 0 Å². The summed E-state index contributed by atoms with van der Waals surface area (Å²) >= 11 is 1.82. The number of benzene rings is 1. The molecule has 0 bridgehead atoms. The third-order valence-corrected chi connectivity index (χ3v) is 5.13. The van der Waals surface area contributed by atoms with E-state index in [9.17, 15) is 4.39 Å². The molecular weight excluding hydrogens is 269 g/mol. The maximum Gasteiger partial charge on any atom is 0.123 e. The van der Waals surface area contributed by atoms with Gasteiger partial charge in [-0.3, -0.25) is 4.99 Å². The Bertz CT molecular complexity index is 680. The monoisotopic (exact) mass is 285 g/mol. The molecule has 0 saturated heterocycles. The number of thiophene rings is 1. The van der Waals surface area contributed by atoms with Crippen molar-refractivity contribution < 1.29 is 4.39 Å². The Morgan fingerprint density at radius 1 is 1.20 bits per heavy atom. The summed E-state index contributed by atoms with van der Waals surface area (Å²) in [5.41, 5.74) is 4.77. The highest BCUT2D eigenvalue weighted by Gasteiger charge is 2.19. The van der Waals surface area contributed by atoms with E-state index in [4.69, 9.17) is 0 Å². The van der Waals surface area contributed by atoms with Gasteiger partial charge in [0.15, 0.2) is 0 Å². The number of hydrogen-bond donors (Lipinski definition) is 0. The second-order valence-electron chi connectivity index (χ2n) is 5.14. The highest BCUT2D eigenvalue weighted by atomic mass is 32.1. The molecule has 0 saturated carbocycles. The lowest BCUT2D eigenvalue weighted by molar-refractivity contribution is 0.627. The molecule has 0 radical (unpaired) electrons. The molecular formula is C17H16FNS. The van der Waals surface area contributed by atoms with E-state index in [1.165, 1.54) is 28.1 Å². The molecule has 1 nitrogen and oxygen atoms in total. The van der Waals surface area contributed by atoms with Gasteiger partial charge in [0, 0.05) is 29.1 Å². The fraction of sp³-hybridized carbons (Fsp3) is 0.235. The molecule has 102 valence electrons. The molecule has 3 heteroatoms. The van der Waals surface area contributed by atoms with E-state index in [-0.39, 0.29) is 5.82 Å². The van der Waals surface area contributed by atoms with Gasteiger partial charge in [0.1, 0.15) is 5.82 Å². The molecule has 1 aliphatic heterocycles. The number of aliphatic imine (C=N–C) groups is 1. The summed E-state index contributed by atoms with van der Waals surface area (Å²) in [5.74, 6) is 0.174. The molecule has 1 aromatic carbocycles. The molecule has 1 atom stereocenters. The maximum absolute atomic E-state index is 13.0. The van der Waals surface area contributed by atoms with Gasteiger partial charge in [0.2, 0.25) is 0 Å². The van der Waals surface area contributed by atoms with E-state index in [1.54, 1.807) is 12.1 Å². The van der Waals surface area contributed by atoms with E-state index in [0.29, 0.717) is 5.92 Å². The normalized spacial score (nSPS) is 18.1. The third kappa shape index (κ3) is 2.46. The number of rotatable bonds is 2. The van der Waals surface area contributed by atoms with E-state index in [1.807, 2.05) is 17.5 Å². The minimum absolute atomic E-state index is 0.207. The number of nitrogens with zero attached hydrogens (tertiary/aromatic N) is 1. The Kier molecular flexibility index (Phi) is 3.53. The van der Waals surface area contributed by atoms with Crippen molar-refractivity contribution in [2.24, 2.45) is 4.99 Å². The zero-order valence-corrected chi connectivity index (χ0v) is 12.4. The van der Waals surface area contributed by atoms with Crippen LogP contribution < -0.4 is 0 Å². The molecule has 3 rings (SSSR count). The lowest BCUT2D eigenvalue weighted by atomic mass is 9.92. The van der Waals surface area contributed by atoms with Crippen LogP contribution in [0.25, 0.3) is 0 Å². The average Bonchev–Trinajstić information content (AvgIpc) is 2.80.